The van der Waals surface area contributed by atoms with E-state index in [1.807, 2.05) is 47.2 Å². The fourth-order valence-electron chi connectivity index (χ4n) is 2.57. The predicted octanol–water partition coefficient (Wildman–Crippen LogP) is 1.37. The molecule has 0 radical (unpaired) electrons. The van der Waals surface area contributed by atoms with Crippen LogP contribution in [0, 0.1) is 0 Å². The third kappa shape index (κ3) is 5.66. The van der Waals surface area contributed by atoms with Gasteiger partial charge in [-0.25, -0.2) is 0 Å². The minimum Gasteiger partial charge on any atom is -0.494 e. The average Bonchev–Trinajstić information content (AvgIpc) is 2.53. The van der Waals surface area contributed by atoms with Crippen LogP contribution in [0.15, 0.2) is 30.3 Å². The van der Waals surface area contributed by atoms with Gasteiger partial charge in [-0.1, -0.05) is 18.2 Å². The number of rotatable bonds is 7. The van der Waals surface area contributed by atoms with Crippen molar-refractivity contribution in [2.75, 3.05) is 39.8 Å². The van der Waals surface area contributed by atoms with Gasteiger partial charge in [-0.05, 0) is 38.4 Å². The number of amides is 1. The molecule has 0 unspecified atom stereocenters. The number of likely N-dealkylation sites (N-methyl/N-ethyl adjacent to an activating group) is 1. The number of aliphatic hydroxyl groups is 1. The number of carbonyl (C=O) groups excluding carboxylic acids is 1. The summed E-state index contributed by atoms with van der Waals surface area (Å²) in [7, 11) is 1.96. The first-order valence-electron chi connectivity index (χ1n) is 7.97. The van der Waals surface area contributed by atoms with Crippen LogP contribution in [-0.2, 0) is 4.79 Å². The number of hydrogen-bond acceptors (Lipinski definition) is 4. The Morgan fingerprint density at radius 1 is 1.32 bits per heavy atom. The second kappa shape index (κ2) is 8.76. The Labute approximate surface area is 132 Å². The number of piperidine rings is 1. The summed E-state index contributed by atoms with van der Waals surface area (Å²) in [6.07, 6.45) is 2.04. The zero-order valence-corrected chi connectivity index (χ0v) is 13.3. The number of hydrogen-bond donors (Lipinski definition) is 1. The van der Waals surface area contributed by atoms with E-state index in [0.29, 0.717) is 39.1 Å². The maximum Gasteiger partial charge on any atom is 0.236 e. The molecule has 1 aromatic carbocycles. The van der Waals surface area contributed by atoms with Crippen LogP contribution in [0.2, 0.25) is 0 Å². The Morgan fingerprint density at radius 2 is 2.00 bits per heavy atom. The fraction of sp³-hybridized carbons (Fsp3) is 0.588. The summed E-state index contributed by atoms with van der Waals surface area (Å²) in [6.45, 7) is 3.25. The molecule has 1 amide bonds. The smallest absolute Gasteiger partial charge is 0.236 e. The first-order valence-corrected chi connectivity index (χ1v) is 7.97. The van der Waals surface area contributed by atoms with E-state index in [0.717, 1.165) is 18.7 Å². The molecule has 5 nitrogen and oxygen atoms in total. The van der Waals surface area contributed by atoms with Gasteiger partial charge in [0.1, 0.15) is 5.75 Å². The van der Waals surface area contributed by atoms with Crippen molar-refractivity contribution >= 4 is 5.91 Å². The number of aliphatic hydroxyl groups excluding tert-OH is 1. The standard InChI is InChI=1S/C17H26N2O3/c1-18(10-5-13-22-16-6-3-2-4-7-16)14-17(21)19-11-8-15(20)9-12-19/h2-4,6-7,15,20H,5,8-14H2,1H3. The van der Waals surface area contributed by atoms with E-state index in [4.69, 9.17) is 4.74 Å². The van der Waals surface area contributed by atoms with Crippen LogP contribution in [0.5, 0.6) is 5.75 Å². The van der Waals surface area contributed by atoms with Gasteiger partial charge in [-0.15, -0.1) is 0 Å². The van der Waals surface area contributed by atoms with Crippen molar-refractivity contribution in [3.8, 4) is 5.75 Å². The second-order valence-electron chi connectivity index (χ2n) is 5.86. The van der Waals surface area contributed by atoms with Crippen molar-refractivity contribution in [2.45, 2.75) is 25.4 Å². The Bertz CT molecular complexity index is 444. The number of para-hydroxylation sites is 1. The Hall–Kier alpha value is -1.59. The SMILES string of the molecule is CN(CCCOc1ccccc1)CC(=O)N1CCC(O)CC1. The molecule has 1 fully saturated rings. The van der Waals surface area contributed by atoms with E-state index >= 15 is 0 Å². The summed E-state index contributed by atoms with van der Waals surface area (Å²) < 4.78 is 5.64. The van der Waals surface area contributed by atoms with Crippen molar-refractivity contribution in [1.82, 2.24) is 9.80 Å². The quantitative estimate of drug-likeness (QED) is 0.773. The molecule has 1 saturated heterocycles. The molecule has 1 aliphatic rings. The van der Waals surface area contributed by atoms with Gasteiger partial charge in [0.25, 0.3) is 0 Å². The molecule has 0 saturated carbocycles. The van der Waals surface area contributed by atoms with Crippen LogP contribution < -0.4 is 4.74 Å². The van der Waals surface area contributed by atoms with Crippen LogP contribution in [0.25, 0.3) is 0 Å². The molecule has 0 bridgehead atoms. The summed E-state index contributed by atoms with van der Waals surface area (Å²) in [5.74, 6) is 1.03. The molecule has 1 N–H and O–H groups in total. The minimum absolute atomic E-state index is 0.151. The van der Waals surface area contributed by atoms with E-state index in [9.17, 15) is 9.90 Å². The highest BCUT2D eigenvalue weighted by molar-refractivity contribution is 5.78. The zero-order chi connectivity index (χ0) is 15.8. The number of benzene rings is 1. The molecular weight excluding hydrogens is 280 g/mol. The first kappa shape index (κ1) is 16.8. The number of likely N-dealkylation sites (tertiary alicyclic amines) is 1. The fourth-order valence-corrected chi connectivity index (χ4v) is 2.57. The molecule has 0 aromatic heterocycles. The average molecular weight is 306 g/mol. The largest absolute Gasteiger partial charge is 0.494 e. The van der Waals surface area contributed by atoms with Gasteiger partial charge in [0.2, 0.25) is 5.91 Å². The summed E-state index contributed by atoms with van der Waals surface area (Å²) in [5, 5.41) is 9.47. The summed E-state index contributed by atoms with van der Waals surface area (Å²) in [6, 6.07) is 9.76. The lowest BCUT2D eigenvalue weighted by atomic mass is 10.1. The molecule has 5 heteroatoms. The summed E-state index contributed by atoms with van der Waals surface area (Å²) in [5.41, 5.74) is 0. The van der Waals surface area contributed by atoms with Gasteiger partial charge < -0.3 is 14.7 Å². The van der Waals surface area contributed by atoms with E-state index in [2.05, 4.69) is 0 Å². The van der Waals surface area contributed by atoms with Crippen LogP contribution in [0.1, 0.15) is 19.3 Å². The molecule has 122 valence electrons. The summed E-state index contributed by atoms with van der Waals surface area (Å²) in [4.78, 5) is 16.0. The molecule has 22 heavy (non-hydrogen) atoms. The second-order valence-corrected chi connectivity index (χ2v) is 5.86. The van der Waals surface area contributed by atoms with Crippen molar-refractivity contribution in [3.63, 3.8) is 0 Å². The monoisotopic (exact) mass is 306 g/mol. The van der Waals surface area contributed by atoms with Gasteiger partial charge in [0, 0.05) is 19.6 Å². The van der Waals surface area contributed by atoms with Crippen LogP contribution >= 0.6 is 0 Å². The highest BCUT2D eigenvalue weighted by Crippen LogP contribution is 2.10. The highest BCUT2D eigenvalue weighted by Gasteiger charge is 2.21. The lowest BCUT2D eigenvalue weighted by Gasteiger charge is -2.31. The van der Waals surface area contributed by atoms with Crippen LogP contribution in [0.3, 0.4) is 0 Å². The van der Waals surface area contributed by atoms with Crippen molar-refractivity contribution < 1.29 is 14.6 Å². The van der Waals surface area contributed by atoms with Crippen molar-refractivity contribution in [1.29, 1.82) is 0 Å². The summed E-state index contributed by atoms with van der Waals surface area (Å²) >= 11 is 0. The van der Waals surface area contributed by atoms with Gasteiger partial charge >= 0.3 is 0 Å². The molecular formula is C17H26N2O3. The highest BCUT2D eigenvalue weighted by atomic mass is 16.5. The molecule has 1 aromatic rings. The topological polar surface area (TPSA) is 53.0 Å². The van der Waals surface area contributed by atoms with Crippen LogP contribution in [-0.4, -0.2) is 66.8 Å². The minimum atomic E-state index is -0.239. The number of ether oxygens (including phenoxy) is 1. The van der Waals surface area contributed by atoms with E-state index in [1.54, 1.807) is 0 Å². The molecule has 1 aliphatic heterocycles. The van der Waals surface area contributed by atoms with Gasteiger partial charge in [0.05, 0.1) is 19.3 Å². The molecule has 1 heterocycles. The van der Waals surface area contributed by atoms with Crippen molar-refractivity contribution in [2.24, 2.45) is 0 Å². The van der Waals surface area contributed by atoms with E-state index in [1.165, 1.54) is 0 Å². The molecule has 0 spiro atoms. The van der Waals surface area contributed by atoms with Gasteiger partial charge in [-0.2, -0.15) is 0 Å². The molecule has 0 atom stereocenters. The maximum atomic E-state index is 12.1. The zero-order valence-electron chi connectivity index (χ0n) is 13.3. The van der Waals surface area contributed by atoms with Gasteiger partial charge in [-0.3, -0.25) is 9.69 Å². The van der Waals surface area contributed by atoms with Crippen molar-refractivity contribution in [3.05, 3.63) is 30.3 Å². The Kier molecular flexibility index (Phi) is 6.68. The van der Waals surface area contributed by atoms with E-state index in [-0.39, 0.29) is 12.0 Å². The molecule has 0 aliphatic carbocycles. The van der Waals surface area contributed by atoms with E-state index < -0.39 is 0 Å². The Balaban J connectivity index is 1.59. The third-order valence-corrected chi connectivity index (χ3v) is 3.92. The predicted molar refractivity (Wildman–Crippen MR) is 85.9 cm³/mol. The first-order chi connectivity index (χ1) is 10.6. The number of nitrogens with zero attached hydrogens (tertiary/aromatic N) is 2. The normalized spacial score (nSPS) is 16.0. The molecule has 2 rings (SSSR count). The lowest BCUT2D eigenvalue weighted by Crippen LogP contribution is -2.44. The Morgan fingerprint density at radius 3 is 2.68 bits per heavy atom. The lowest BCUT2D eigenvalue weighted by molar-refractivity contribution is -0.134. The van der Waals surface area contributed by atoms with Gasteiger partial charge in [0.15, 0.2) is 0 Å². The maximum absolute atomic E-state index is 12.1. The van der Waals surface area contributed by atoms with Crippen LogP contribution in [0.4, 0.5) is 0 Å². The third-order valence-electron chi connectivity index (χ3n) is 3.92. The number of carbonyl (C=O) groups is 1.